The predicted octanol–water partition coefficient (Wildman–Crippen LogP) is 5.06. The molecule has 6 heteroatoms. The molecule has 6 nitrogen and oxygen atoms in total. The summed E-state index contributed by atoms with van der Waals surface area (Å²) in [5.74, 6) is 1.48. The maximum absolute atomic E-state index is 13.4. The fourth-order valence-corrected chi connectivity index (χ4v) is 4.43. The van der Waals surface area contributed by atoms with Crippen LogP contribution in [0.25, 0.3) is 0 Å². The van der Waals surface area contributed by atoms with Crippen LogP contribution >= 0.6 is 0 Å². The summed E-state index contributed by atoms with van der Waals surface area (Å²) in [5, 5.41) is 3.17. The van der Waals surface area contributed by atoms with Crippen LogP contribution in [0.3, 0.4) is 0 Å². The number of rotatable bonds is 11. The first-order chi connectivity index (χ1) is 16.4. The molecule has 2 aromatic carbocycles. The van der Waals surface area contributed by atoms with Crippen molar-refractivity contribution in [2.24, 2.45) is 0 Å². The Kier molecular flexibility index (Phi) is 9.37. The zero-order chi connectivity index (χ0) is 24.5. The minimum Gasteiger partial charge on any atom is -0.497 e. The molecule has 1 aliphatic carbocycles. The molecule has 34 heavy (non-hydrogen) atoms. The monoisotopic (exact) mass is 466 g/mol. The van der Waals surface area contributed by atoms with E-state index in [0.717, 1.165) is 37.0 Å². The van der Waals surface area contributed by atoms with Gasteiger partial charge in [-0.1, -0.05) is 57.9 Å². The van der Waals surface area contributed by atoms with Crippen molar-refractivity contribution in [3.05, 3.63) is 59.7 Å². The standard InChI is InChI=1S/C28H38N2O4/c1-5-26(28(32)29-23-10-6-7-11-23)30(18-21-9-8-12-25(17-21)33-4)27(31)19-34-24-15-13-22(14-16-24)20(2)3/h8-9,12-17,20,23,26H,5-7,10-11,18-19H2,1-4H3,(H,29,32). The van der Waals surface area contributed by atoms with Gasteiger partial charge in [0.25, 0.3) is 5.91 Å². The Hall–Kier alpha value is -3.02. The van der Waals surface area contributed by atoms with Gasteiger partial charge in [-0.05, 0) is 60.6 Å². The van der Waals surface area contributed by atoms with Crippen molar-refractivity contribution in [1.82, 2.24) is 10.2 Å². The predicted molar refractivity (Wildman–Crippen MR) is 134 cm³/mol. The number of amides is 2. The Labute approximate surface area is 203 Å². The molecule has 1 aliphatic rings. The Balaban J connectivity index is 1.75. The number of hydrogen-bond acceptors (Lipinski definition) is 4. The molecule has 3 rings (SSSR count). The maximum atomic E-state index is 13.4. The van der Waals surface area contributed by atoms with E-state index in [0.29, 0.717) is 24.6 Å². The summed E-state index contributed by atoms with van der Waals surface area (Å²) in [4.78, 5) is 28.2. The molecule has 0 heterocycles. The minimum absolute atomic E-state index is 0.0908. The summed E-state index contributed by atoms with van der Waals surface area (Å²) >= 11 is 0. The van der Waals surface area contributed by atoms with E-state index in [9.17, 15) is 9.59 Å². The average Bonchev–Trinajstić information content (AvgIpc) is 3.35. The summed E-state index contributed by atoms with van der Waals surface area (Å²) in [6.07, 6.45) is 4.80. The van der Waals surface area contributed by atoms with E-state index in [4.69, 9.17) is 9.47 Å². The fourth-order valence-electron chi connectivity index (χ4n) is 4.43. The van der Waals surface area contributed by atoms with Crippen molar-refractivity contribution >= 4 is 11.8 Å². The van der Waals surface area contributed by atoms with E-state index >= 15 is 0 Å². The van der Waals surface area contributed by atoms with Gasteiger partial charge >= 0.3 is 0 Å². The number of nitrogens with zero attached hydrogens (tertiary/aromatic N) is 1. The Morgan fingerprint density at radius 3 is 2.38 bits per heavy atom. The molecule has 184 valence electrons. The van der Waals surface area contributed by atoms with Gasteiger partial charge in [0, 0.05) is 12.6 Å². The second-order valence-corrected chi connectivity index (χ2v) is 9.30. The van der Waals surface area contributed by atoms with E-state index in [1.165, 1.54) is 5.56 Å². The second kappa shape index (κ2) is 12.4. The molecule has 1 saturated carbocycles. The smallest absolute Gasteiger partial charge is 0.261 e. The lowest BCUT2D eigenvalue weighted by Crippen LogP contribution is -2.52. The zero-order valence-corrected chi connectivity index (χ0v) is 20.9. The van der Waals surface area contributed by atoms with Gasteiger partial charge in [0.15, 0.2) is 6.61 Å². The van der Waals surface area contributed by atoms with E-state index in [-0.39, 0.29) is 24.5 Å². The van der Waals surface area contributed by atoms with Gasteiger partial charge in [0.1, 0.15) is 17.5 Å². The fraction of sp³-hybridized carbons (Fsp3) is 0.500. The van der Waals surface area contributed by atoms with Crippen LogP contribution < -0.4 is 14.8 Å². The first kappa shape index (κ1) is 25.6. The van der Waals surface area contributed by atoms with Gasteiger partial charge in [-0.25, -0.2) is 0 Å². The molecule has 0 bridgehead atoms. The summed E-state index contributed by atoms with van der Waals surface area (Å²) in [6.45, 7) is 6.39. The summed E-state index contributed by atoms with van der Waals surface area (Å²) in [5.41, 5.74) is 2.12. The Morgan fingerprint density at radius 2 is 1.76 bits per heavy atom. The molecule has 0 saturated heterocycles. The van der Waals surface area contributed by atoms with Gasteiger partial charge in [0.05, 0.1) is 7.11 Å². The molecule has 2 aromatic rings. The summed E-state index contributed by atoms with van der Waals surface area (Å²) in [6, 6.07) is 15.0. The van der Waals surface area contributed by atoms with Crippen molar-refractivity contribution < 1.29 is 19.1 Å². The molecule has 0 aromatic heterocycles. The zero-order valence-electron chi connectivity index (χ0n) is 20.9. The Bertz CT molecular complexity index is 936. The van der Waals surface area contributed by atoms with E-state index in [1.54, 1.807) is 12.0 Å². The first-order valence-electron chi connectivity index (χ1n) is 12.4. The lowest BCUT2D eigenvalue weighted by atomic mass is 10.0. The maximum Gasteiger partial charge on any atom is 0.261 e. The van der Waals surface area contributed by atoms with Crippen molar-refractivity contribution in [1.29, 1.82) is 0 Å². The number of carbonyl (C=O) groups is 2. The van der Waals surface area contributed by atoms with Crippen LogP contribution in [0.5, 0.6) is 11.5 Å². The molecule has 1 atom stereocenters. The van der Waals surface area contributed by atoms with Crippen molar-refractivity contribution in [3.63, 3.8) is 0 Å². The van der Waals surface area contributed by atoms with Crippen LogP contribution in [0, 0.1) is 0 Å². The lowest BCUT2D eigenvalue weighted by Gasteiger charge is -2.31. The highest BCUT2D eigenvalue weighted by molar-refractivity contribution is 5.88. The van der Waals surface area contributed by atoms with Crippen LogP contribution in [0.4, 0.5) is 0 Å². The third kappa shape index (κ3) is 6.99. The molecule has 1 fully saturated rings. The highest BCUT2D eigenvalue weighted by Gasteiger charge is 2.31. The highest BCUT2D eigenvalue weighted by Crippen LogP contribution is 2.22. The van der Waals surface area contributed by atoms with Gasteiger partial charge < -0.3 is 19.7 Å². The van der Waals surface area contributed by atoms with Crippen LogP contribution in [-0.2, 0) is 16.1 Å². The van der Waals surface area contributed by atoms with Gasteiger partial charge in [-0.15, -0.1) is 0 Å². The number of nitrogens with one attached hydrogen (secondary N) is 1. The number of benzene rings is 2. The quantitative estimate of drug-likeness (QED) is 0.502. The normalized spacial score (nSPS) is 14.6. The second-order valence-electron chi connectivity index (χ2n) is 9.30. The molecular weight excluding hydrogens is 428 g/mol. The molecule has 0 radical (unpaired) electrons. The Morgan fingerprint density at radius 1 is 1.06 bits per heavy atom. The highest BCUT2D eigenvalue weighted by atomic mass is 16.5. The molecule has 1 unspecified atom stereocenters. The van der Waals surface area contributed by atoms with Crippen molar-refractivity contribution in [2.75, 3.05) is 13.7 Å². The number of hydrogen-bond donors (Lipinski definition) is 1. The topological polar surface area (TPSA) is 67.9 Å². The van der Waals surface area contributed by atoms with Gasteiger partial charge in [-0.3, -0.25) is 9.59 Å². The van der Waals surface area contributed by atoms with E-state index in [2.05, 4.69) is 19.2 Å². The summed E-state index contributed by atoms with van der Waals surface area (Å²) in [7, 11) is 1.62. The first-order valence-corrected chi connectivity index (χ1v) is 12.4. The van der Waals surface area contributed by atoms with E-state index in [1.807, 2.05) is 55.5 Å². The third-order valence-electron chi connectivity index (χ3n) is 6.48. The SMILES string of the molecule is CCC(C(=O)NC1CCCC1)N(Cc1cccc(OC)c1)C(=O)COc1ccc(C(C)C)cc1. The van der Waals surface area contributed by atoms with Crippen molar-refractivity contribution in [2.45, 2.75) is 77.4 Å². The number of carbonyl (C=O) groups excluding carboxylic acids is 2. The average molecular weight is 467 g/mol. The number of methoxy groups -OCH3 is 1. The molecular formula is C28H38N2O4. The molecule has 0 aliphatic heterocycles. The largest absolute Gasteiger partial charge is 0.497 e. The molecule has 0 spiro atoms. The van der Waals surface area contributed by atoms with Crippen LogP contribution in [0.1, 0.15) is 69.9 Å². The molecule has 1 N–H and O–H groups in total. The number of ether oxygens (including phenoxy) is 2. The van der Waals surface area contributed by atoms with Gasteiger partial charge in [0.2, 0.25) is 5.91 Å². The van der Waals surface area contributed by atoms with Crippen LogP contribution in [-0.4, -0.2) is 42.5 Å². The van der Waals surface area contributed by atoms with Crippen LogP contribution in [0.15, 0.2) is 48.5 Å². The van der Waals surface area contributed by atoms with Crippen molar-refractivity contribution in [3.8, 4) is 11.5 Å². The molecule has 2 amide bonds. The lowest BCUT2D eigenvalue weighted by molar-refractivity contribution is -0.143. The van der Waals surface area contributed by atoms with Crippen LogP contribution in [0.2, 0.25) is 0 Å². The minimum atomic E-state index is -0.564. The van der Waals surface area contributed by atoms with Gasteiger partial charge in [-0.2, -0.15) is 0 Å². The summed E-state index contributed by atoms with van der Waals surface area (Å²) < 4.78 is 11.2. The third-order valence-corrected chi connectivity index (χ3v) is 6.48. The van der Waals surface area contributed by atoms with E-state index < -0.39 is 6.04 Å².